The third-order valence-electron chi connectivity index (χ3n) is 4.16. The van der Waals surface area contributed by atoms with Gasteiger partial charge in [0.15, 0.2) is 6.20 Å². The van der Waals surface area contributed by atoms with E-state index >= 15 is 0 Å². The topological polar surface area (TPSA) is 86.9 Å². The molecule has 0 radical (unpaired) electrons. The third-order valence-corrected chi connectivity index (χ3v) is 6.09. The van der Waals surface area contributed by atoms with Gasteiger partial charge < -0.3 is 20.4 Å². The summed E-state index contributed by atoms with van der Waals surface area (Å²) in [7, 11) is 3.83. The Hall–Kier alpha value is -1.81. The highest BCUT2D eigenvalue weighted by molar-refractivity contribution is 14.1. The molecule has 3 aromatic rings. The van der Waals surface area contributed by atoms with Crippen molar-refractivity contribution in [3.8, 4) is 0 Å². The van der Waals surface area contributed by atoms with E-state index < -0.39 is 0 Å². The zero-order valence-corrected chi connectivity index (χ0v) is 17.3. The number of aryl methyl sites for hydroxylation is 1. The molecule has 25 heavy (non-hydrogen) atoms. The van der Waals surface area contributed by atoms with Crippen molar-refractivity contribution in [2.75, 3.05) is 24.7 Å². The predicted molar refractivity (Wildman–Crippen MR) is 108 cm³/mol. The Morgan fingerprint density at radius 2 is 2.04 bits per heavy atom. The lowest BCUT2D eigenvalue weighted by molar-refractivity contribution is -0.615. The van der Waals surface area contributed by atoms with Crippen molar-refractivity contribution in [3.63, 3.8) is 0 Å². The molecular formula is C16H18ClIN6O. The zero-order valence-electron chi connectivity index (χ0n) is 14.3. The Labute approximate surface area is 164 Å². The van der Waals surface area contributed by atoms with E-state index in [4.69, 9.17) is 17.3 Å². The lowest BCUT2D eigenvalue weighted by Gasteiger charge is -2.12. The van der Waals surface area contributed by atoms with E-state index in [0.29, 0.717) is 23.0 Å². The number of nitrogens with two attached hydrogens (primary N) is 1. The van der Waals surface area contributed by atoms with Gasteiger partial charge in [0.1, 0.15) is 17.3 Å². The van der Waals surface area contributed by atoms with Gasteiger partial charge in [-0.3, -0.25) is 0 Å². The number of hydrogen-bond donors (Lipinski definition) is 1. The average Bonchev–Trinajstić information content (AvgIpc) is 2.88. The predicted octanol–water partition coefficient (Wildman–Crippen LogP) is 2.64. The number of nitrogen functional groups attached to an aromatic ring is 1. The second-order valence-corrected chi connectivity index (χ2v) is 7.57. The van der Waals surface area contributed by atoms with Crippen LogP contribution in [0.25, 0.3) is 11.0 Å². The number of halogens is 2. The molecule has 7 nitrogen and oxygen atoms in total. The van der Waals surface area contributed by atoms with Gasteiger partial charge in [-0.05, 0) is 36.4 Å². The van der Waals surface area contributed by atoms with Crippen LogP contribution in [0.4, 0.5) is 11.6 Å². The summed E-state index contributed by atoms with van der Waals surface area (Å²) < 4.78 is 3.88. The Bertz CT molecular complexity index is 985. The highest BCUT2D eigenvalue weighted by Gasteiger charge is 2.21. The molecular weight excluding hydrogens is 455 g/mol. The fourth-order valence-corrected chi connectivity index (χ4v) is 3.57. The van der Waals surface area contributed by atoms with E-state index in [9.17, 15) is 5.21 Å². The molecule has 3 aromatic heterocycles. The third kappa shape index (κ3) is 3.08. The van der Waals surface area contributed by atoms with Crippen LogP contribution in [0.1, 0.15) is 16.8 Å². The molecule has 0 aliphatic carbocycles. The van der Waals surface area contributed by atoms with Crippen molar-refractivity contribution in [1.29, 1.82) is 0 Å². The van der Waals surface area contributed by atoms with Gasteiger partial charge in [0, 0.05) is 35.0 Å². The fraction of sp³-hybridized carbons (Fsp3) is 0.312. The maximum atomic E-state index is 12.4. The maximum Gasteiger partial charge on any atom is 0.223 e. The van der Waals surface area contributed by atoms with Crippen LogP contribution in [-0.2, 0) is 6.54 Å². The molecule has 2 N–H and O–H groups in total. The minimum absolute atomic E-state index is 0.104. The lowest BCUT2D eigenvalue weighted by atomic mass is 10.1. The molecule has 0 bridgehead atoms. The number of nitrogens with zero attached hydrogens (tertiary/aromatic N) is 5. The normalized spacial score (nSPS) is 11.3. The molecule has 9 heteroatoms. The molecule has 0 aliphatic rings. The van der Waals surface area contributed by atoms with Crippen LogP contribution in [0.5, 0.6) is 0 Å². The van der Waals surface area contributed by atoms with E-state index in [2.05, 4.69) is 32.6 Å². The van der Waals surface area contributed by atoms with Crippen molar-refractivity contribution in [1.82, 2.24) is 14.5 Å². The van der Waals surface area contributed by atoms with Crippen LogP contribution in [0.2, 0.25) is 5.15 Å². The van der Waals surface area contributed by atoms with Crippen LogP contribution in [0.3, 0.4) is 0 Å². The molecule has 0 saturated carbocycles. The first-order valence-electron chi connectivity index (χ1n) is 7.57. The summed E-state index contributed by atoms with van der Waals surface area (Å²) in [5, 5.41) is 13.5. The van der Waals surface area contributed by atoms with Crippen molar-refractivity contribution in [2.24, 2.45) is 0 Å². The monoisotopic (exact) mass is 472 g/mol. The lowest BCUT2D eigenvalue weighted by Crippen LogP contribution is -2.35. The molecule has 3 heterocycles. The summed E-state index contributed by atoms with van der Waals surface area (Å²) in [4.78, 5) is 10.3. The molecule has 0 aromatic carbocycles. The van der Waals surface area contributed by atoms with E-state index in [0.717, 1.165) is 30.5 Å². The van der Waals surface area contributed by atoms with Crippen molar-refractivity contribution in [3.05, 3.63) is 43.1 Å². The number of aromatic nitrogens is 4. The van der Waals surface area contributed by atoms with Crippen molar-refractivity contribution in [2.45, 2.75) is 20.4 Å². The number of fused-ring (bicyclic) bond motifs is 1. The van der Waals surface area contributed by atoms with Gasteiger partial charge in [-0.1, -0.05) is 11.6 Å². The minimum Gasteiger partial charge on any atom is -0.618 e. The summed E-state index contributed by atoms with van der Waals surface area (Å²) in [6.07, 6.45) is 3.51. The Balaban J connectivity index is 2.23. The zero-order chi connectivity index (χ0) is 18.5. The number of pyridine rings is 1. The summed E-state index contributed by atoms with van der Waals surface area (Å²) >= 11 is 8.56. The van der Waals surface area contributed by atoms with Crippen molar-refractivity contribution >= 4 is 56.9 Å². The summed E-state index contributed by atoms with van der Waals surface area (Å²) in [5.74, 6) is 0.104. The molecule has 0 atom stereocenters. The van der Waals surface area contributed by atoms with E-state index in [1.165, 1.54) is 0 Å². The molecule has 0 amide bonds. The Morgan fingerprint density at radius 3 is 2.68 bits per heavy atom. The molecule has 3 rings (SSSR count). The van der Waals surface area contributed by atoms with Crippen molar-refractivity contribution < 1.29 is 4.73 Å². The van der Waals surface area contributed by atoms with Gasteiger partial charge in [0.05, 0.1) is 11.1 Å². The minimum atomic E-state index is 0.104. The molecule has 0 unspecified atom stereocenters. The Kier molecular flexibility index (Phi) is 4.67. The van der Waals surface area contributed by atoms with Crippen LogP contribution >= 0.6 is 34.2 Å². The molecule has 0 spiro atoms. The number of anilines is 2. The molecule has 132 valence electrons. The smallest absolute Gasteiger partial charge is 0.223 e. The highest BCUT2D eigenvalue weighted by atomic mass is 127. The fourth-order valence-electron chi connectivity index (χ4n) is 2.85. The molecule has 0 saturated heterocycles. The second kappa shape index (κ2) is 6.49. The van der Waals surface area contributed by atoms with Gasteiger partial charge >= 0.3 is 0 Å². The first-order chi connectivity index (χ1) is 11.7. The number of rotatable bonds is 3. The quantitative estimate of drug-likeness (QED) is 0.274. The number of hydrogen-bond acceptors (Lipinski definition) is 5. The first kappa shape index (κ1) is 18.0. The van der Waals surface area contributed by atoms with E-state index in [-0.39, 0.29) is 5.95 Å². The molecule has 0 aliphatic heterocycles. The standard InChI is InChI=1S/C16H18ClIN6O/c1-8-5-24(25)10(9(2)13(8)18)6-23-7-11(22(3)4)12-14(17)20-16(19)21-15(12)23/h5,7H,6H2,1-4H3,(H2,19,20,21). The summed E-state index contributed by atoms with van der Waals surface area (Å²) in [6, 6.07) is 0. The first-order valence-corrected chi connectivity index (χ1v) is 9.03. The SMILES string of the molecule is Cc1c[n+]([O-])c(Cn2cc(N(C)C)c3c(Cl)nc(N)nc32)c(C)c1I. The van der Waals surface area contributed by atoms with Gasteiger partial charge in [0.2, 0.25) is 11.6 Å². The van der Waals surface area contributed by atoms with Gasteiger partial charge in [0.25, 0.3) is 0 Å². The Morgan fingerprint density at radius 1 is 1.36 bits per heavy atom. The largest absolute Gasteiger partial charge is 0.618 e. The van der Waals surface area contributed by atoms with E-state index in [1.54, 1.807) is 6.20 Å². The average molecular weight is 473 g/mol. The van der Waals surface area contributed by atoms with Gasteiger partial charge in [-0.15, -0.1) is 0 Å². The van der Waals surface area contributed by atoms with Crippen LogP contribution in [0.15, 0.2) is 12.4 Å². The molecule has 0 fully saturated rings. The van der Waals surface area contributed by atoms with E-state index in [1.807, 2.05) is 43.6 Å². The highest BCUT2D eigenvalue weighted by Crippen LogP contribution is 2.33. The van der Waals surface area contributed by atoms with Crippen LogP contribution in [0, 0.1) is 22.6 Å². The summed E-state index contributed by atoms with van der Waals surface area (Å²) in [5.41, 5.74) is 9.82. The van der Waals surface area contributed by atoms with Crippen LogP contribution in [-0.4, -0.2) is 28.6 Å². The maximum absolute atomic E-state index is 12.4. The second-order valence-electron chi connectivity index (χ2n) is 6.13. The summed E-state index contributed by atoms with van der Waals surface area (Å²) in [6.45, 7) is 4.24. The van der Waals surface area contributed by atoms with Crippen LogP contribution < -0.4 is 15.4 Å². The van der Waals surface area contributed by atoms with Gasteiger partial charge in [-0.25, -0.2) is 4.98 Å². The van der Waals surface area contributed by atoms with Gasteiger partial charge in [-0.2, -0.15) is 9.71 Å².